The average Bonchev–Trinajstić information content (AvgIpc) is 2.50. The van der Waals surface area contributed by atoms with Gasteiger partial charge in [0.15, 0.2) is 0 Å². The van der Waals surface area contributed by atoms with Crippen molar-refractivity contribution in [2.45, 2.75) is 31.8 Å². The van der Waals surface area contributed by atoms with Crippen molar-refractivity contribution in [2.24, 2.45) is 5.73 Å². The van der Waals surface area contributed by atoms with Gasteiger partial charge in [0, 0.05) is 6.04 Å². The number of carbonyl (C=O) groups is 1. The molecule has 2 aromatic rings. The molecule has 0 aliphatic carbocycles. The van der Waals surface area contributed by atoms with E-state index in [-0.39, 0.29) is 17.8 Å². The molecule has 0 aliphatic rings. The summed E-state index contributed by atoms with van der Waals surface area (Å²) in [6.45, 7) is 3.51. The lowest BCUT2D eigenvalue weighted by molar-refractivity contribution is -0.126. The van der Waals surface area contributed by atoms with Crippen molar-refractivity contribution in [3.05, 3.63) is 71.5 Å². The molecule has 2 rings (SSSR count). The Bertz CT molecular complexity index is 641. The zero-order valence-corrected chi connectivity index (χ0v) is 12.8. The number of hydrogen-bond acceptors (Lipinski definition) is 2. The lowest BCUT2D eigenvalue weighted by Crippen LogP contribution is -2.51. The van der Waals surface area contributed by atoms with Gasteiger partial charge in [-0.2, -0.15) is 0 Å². The van der Waals surface area contributed by atoms with Crippen LogP contribution in [0.1, 0.15) is 25.0 Å². The van der Waals surface area contributed by atoms with Crippen LogP contribution < -0.4 is 11.1 Å². The number of amides is 1. The predicted octanol–water partition coefficient (Wildman–Crippen LogP) is 2.75. The van der Waals surface area contributed by atoms with Gasteiger partial charge in [0.05, 0.1) is 0 Å². The fraction of sp³-hybridized carbons (Fsp3) is 0.278. The van der Waals surface area contributed by atoms with E-state index in [1.165, 1.54) is 6.07 Å². The van der Waals surface area contributed by atoms with Gasteiger partial charge in [-0.1, -0.05) is 48.5 Å². The van der Waals surface area contributed by atoms with E-state index in [9.17, 15) is 9.18 Å². The van der Waals surface area contributed by atoms with Gasteiger partial charge in [-0.3, -0.25) is 4.79 Å². The molecule has 0 spiro atoms. The fourth-order valence-electron chi connectivity index (χ4n) is 2.33. The maximum absolute atomic E-state index is 13.6. The van der Waals surface area contributed by atoms with Gasteiger partial charge in [-0.05, 0) is 37.5 Å². The van der Waals surface area contributed by atoms with E-state index >= 15 is 0 Å². The minimum atomic E-state index is -1.12. The first-order valence-electron chi connectivity index (χ1n) is 7.30. The molecule has 4 heteroatoms. The van der Waals surface area contributed by atoms with E-state index in [1.807, 2.05) is 37.3 Å². The van der Waals surface area contributed by atoms with Crippen LogP contribution in [0.2, 0.25) is 0 Å². The molecule has 3 nitrogen and oxygen atoms in total. The van der Waals surface area contributed by atoms with E-state index < -0.39 is 5.54 Å². The quantitative estimate of drug-likeness (QED) is 0.892. The monoisotopic (exact) mass is 300 g/mol. The van der Waals surface area contributed by atoms with Crippen LogP contribution in [0.3, 0.4) is 0 Å². The molecule has 2 unspecified atom stereocenters. The second kappa shape index (κ2) is 6.71. The number of carbonyl (C=O) groups excluding carboxylic acids is 1. The van der Waals surface area contributed by atoms with Crippen molar-refractivity contribution in [2.75, 3.05) is 0 Å². The summed E-state index contributed by atoms with van der Waals surface area (Å²) in [6, 6.07) is 15.6. The molecule has 0 aromatic heterocycles. The molecule has 0 bridgehead atoms. The number of nitrogens with one attached hydrogen (secondary N) is 1. The maximum Gasteiger partial charge on any atom is 0.244 e. The van der Waals surface area contributed by atoms with E-state index in [1.54, 1.807) is 25.1 Å². The first kappa shape index (κ1) is 16.2. The van der Waals surface area contributed by atoms with Crippen molar-refractivity contribution in [3.63, 3.8) is 0 Å². The van der Waals surface area contributed by atoms with Gasteiger partial charge < -0.3 is 11.1 Å². The van der Waals surface area contributed by atoms with Gasteiger partial charge >= 0.3 is 0 Å². The highest BCUT2D eigenvalue weighted by Crippen LogP contribution is 2.18. The molecule has 0 heterocycles. The van der Waals surface area contributed by atoms with Gasteiger partial charge in [0.1, 0.15) is 11.4 Å². The molecular weight excluding hydrogens is 279 g/mol. The first-order valence-corrected chi connectivity index (χ1v) is 7.30. The van der Waals surface area contributed by atoms with Gasteiger partial charge in [-0.15, -0.1) is 0 Å². The Hall–Kier alpha value is -2.20. The van der Waals surface area contributed by atoms with Crippen molar-refractivity contribution >= 4 is 5.91 Å². The fourth-order valence-corrected chi connectivity index (χ4v) is 2.33. The van der Waals surface area contributed by atoms with E-state index in [0.717, 1.165) is 5.56 Å². The lowest BCUT2D eigenvalue weighted by atomic mass is 9.92. The van der Waals surface area contributed by atoms with Crippen LogP contribution in [0.4, 0.5) is 4.39 Å². The Morgan fingerprint density at radius 1 is 1.18 bits per heavy atom. The number of benzene rings is 2. The summed E-state index contributed by atoms with van der Waals surface area (Å²) >= 11 is 0. The zero-order chi connectivity index (χ0) is 16.2. The third-order valence-electron chi connectivity index (χ3n) is 3.71. The van der Waals surface area contributed by atoms with Crippen LogP contribution in [0.5, 0.6) is 0 Å². The SMILES string of the molecule is CC(Cc1ccccc1F)NC(=O)C(C)(N)c1ccccc1. The highest BCUT2D eigenvalue weighted by Gasteiger charge is 2.31. The van der Waals surface area contributed by atoms with Crippen LogP contribution >= 0.6 is 0 Å². The van der Waals surface area contributed by atoms with Gasteiger partial charge in [0.2, 0.25) is 5.91 Å². The molecule has 0 aliphatic heterocycles. The third-order valence-corrected chi connectivity index (χ3v) is 3.71. The topological polar surface area (TPSA) is 55.1 Å². The molecule has 0 radical (unpaired) electrons. The Labute approximate surface area is 130 Å². The highest BCUT2D eigenvalue weighted by molar-refractivity contribution is 5.87. The highest BCUT2D eigenvalue weighted by atomic mass is 19.1. The molecule has 3 N–H and O–H groups in total. The summed E-state index contributed by atoms with van der Waals surface area (Å²) in [5.74, 6) is -0.537. The van der Waals surface area contributed by atoms with Crippen LogP contribution in [0, 0.1) is 5.82 Å². The third kappa shape index (κ3) is 3.71. The lowest BCUT2D eigenvalue weighted by Gasteiger charge is -2.26. The summed E-state index contributed by atoms with van der Waals surface area (Å²) in [5, 5.41) is 2.86. The molecule has 2 aromatic carbocycles. The molecule has 116 valence electrons. The van der Waals surface area contributed by atoms with Crippen LogP contribution in [-0.2, 0) is 16.8 Å². The van der Waals surface area contributed by atoms with Crippen molar-refractivity contribution in [1.29, 1.82) is 0 Å². The number of hydrogen-bond donors (Lipinski definition) is 2. The second-order valence-corrected chi connectivity index (χ2v) is 5.74. The van der Waals surface area contributed by atoms with E-state index in [0.29, 0.717) is 12.0 Å². The Morgan fingerprint density at radius 3 is 2.41 bits per heavy atom. The molecule has 2 atom stereocenters. The van der Waals surface area contributed by atoms with Crippen molar-refractivity contribution in [3.8, 4) is 0 Å². The Balaban J connectivity index is 2.04. The Morgan fingerprint density at radius 2 is 1.77 bits per heavy atom. The van der Waals surface area contributed by atoms with E-state index in [2.05, 4.69) is 5.32 Å². The molecular formula is C18H21FN2O. The Kier molecular flexibility index (Phi) is 4.93. The minimum absolute atomic E-state index is 0.212. The summed E-state index contributed by atoms with van der Waals surface area (Å²) in [6.07, 6.45) is 0.420. The van der Waals surface area contributed by atoms with Crippen LogP contribution in [-0.4, -0.2) is 11.9 Å². The number of rotatable bonds is 5. The normalized spacial score (nSPS) is 14.9. The van der Waals surface area contributed by atoms with E-state index in [4.69, 9.17) is 5.73 Å². The second-order valence-electron chi connectivity index (χ2n) is 5.74. The zero-order valence-electron chi connectivity index (χ0n) is 12.8. The maximum atomic E-state index is 13.6. The minimum Gasteiger partial charge on any atom is -0.351 e. The van der Waals surface area contributed by atoms with Crippen LogP contribution in [0.25, 0.3) is 0 Å². The smallest absolute Gasteiger partial charge is 0.244 e. The summed E-state index contributed by atoms with van der Waals surface area (Å²) in [4.78, 5) is 12.4. The summed E-state index contributed by atoms with van der Waals surface area (Å²) in [7, 11) is 0. The predicted molar refractivity (Wildman–Crippen MR) is 85.7 cm³/mol. The van der Waals surface area contributed by atoms with Crippen molar-refractivity contribution < 1.29 is 9.18 Å². The standard InChI is InChI=1S/C18H21FN2O/c1-13(12-14-8-6-7-11-16(14)19)21-17(22)18(2,20)15-9-4-3-5-10-15/h3-11,13H,12,20H2,1-2H3,(H,21,22). The molecule has 0 saturated heterocycles. The first-order chi connectivity index (χ1) is 10.4. The average molecular weight is 300 g/mol. The van der Waals surface area contributed by atoms with Crippen molar-refractivity contribution in [1.82, 2.24) is 5.32 Å². The molecule has 22 heavy (non-hydrogen) atoms. The van der Waals surface area contributed by atoms with Gasteiger partial charge in [0.25, 0.3) is 0 Å². The number of halogens is 1. The van der Waals surface area contributed by atoms with Gasteiger partial charge in [-0.25, -0.2) is 4.39 Å². The molecule has 0 fully saturated rings. The molecule has 0 saturated carbocycles. The summed E-state index contributed by atoms with van der Waals surface area (Å²) < 4.78 is 13.6. The number of nitrogens with two attached hydrogens (primary N) is 1. The largest absolute Gasteiger partial charge is 0.351 e. The summed E-state index contributed by atoms with van der Waals surface area (Å²) in [5.41, 5.74) is 6.37. The van der Waals surface area contributed by atoms with Crippen LogP contribution in [0.15, 0.2) is 54.6 Å². The molecule has 1 amide bonds.